The number of benzene rings is 2. The Labute approximate surface area is 122 Å². The van der Waals surface area contributed by atoms with E-state index in [1.54, 1.807) is 36.7 Å². The molecular formula is C16H14N4O. The quantitative estimate of drug-likeness (QED) is 0.723. The summed E-state index contributed by atoms with van der Waals surface area (Å²) in [5, 5.41) is 13.5. The summed E-state index contributed by atoms with van der Waals surface area (Å²) in [7, 11) is 0. The van der Waals surface area contributed by atoms with Crippen molar-refractivity contribution < 1.29 is 5.11 Å². The Morgan fingerprint density at radius 2 is 1.76 bits per heavy atom. The lowest BCUT2D eigenvalue weighted by Gasteiger charge is -1.96. The highest BCUT2D eigenvalue weighted by Crippen LogP contribution is 2.19. The minimum atomic E-state index is 0.223. The number of hydrogen-bond acceptors (Lipinski definition) is 4. The summed E-state index contributed by atoms with van der Waals surface area (Å²) in [4.78, 5) is 4.29. The van der Waals surface area contributed by atoms with Crippen LogP contribution in [-0.2, 0) is 0 Å². The number of anilines is 1. The molecule has 3 N–H and O–H groups in total. The van der Waals surface area contributed by atoms with Gasteiger partial charge in [0.15, 0.2) is 0 Å². The van der Waals surface area contributed by atoms with E-state index in [1.165, 1.54) is 4.68 Å². The second-order valence-corrected chi connectivity index (χ2v) is 4.53. The number of nitrogen functional groups attached to an aromatic ring is 1. The molecule has 0 radical (unpaired) electrons. The zero-order valence-corrected chi connectivity index (χ0v) is 11.2. The Bertz CT molecular complexity index is 761. The van der Waals surface area contributed by atoms with Gasteiger partial charge in [0, 0.05) is 5.56 Å². The first-order valence-corrected chi connectivity index (χ1v) is 6.46. The van der Waals surface area contributed by atoms with Gasteiger partial charge < -0.3 is 10.8 Å². The van der Waals surface area contributed by atoms with Crippen molar-refractivity contribution in [3.05, 3.63) is 66.4 Å². The maximum Gasteiger partial charge on any atom is 0.221 e. The van der Waals surface area contributed by atoms with Crippen LogP contribution >= 0.6 is 0 Å². The number of aromatic nitrogens is 2. The van der Waals surface area contributed by atoms with Crippen molar-refractivity contribution in [1.82, 2.24) is 9.66 Å². The molecule has 0 atom stereocenters. The Morgan fingerprint density at radius 1 is 1.05 bits per heavy atom. The standard InChI is InChI=1S/C16H14N4O/c17-16-19-15(13-4-2-1-3-5-13)11-20(16)18-10-12-6-8-14(21)9-7-12/h1-11,21H,(H2,17,19). The van der Waals surface area contributed by atoms with Gasteiger partial charge in [-0.25, -0.2) is 9.66 Å². The number of nitrogens with two attached hydrogens (primary N) is 1. The van der Waals surface area contributed by atoms with Gasteiger partial charge in [-0.2, -0.15) is 5.10 Å². The highest BCUT2D eigenvalue weighted by molar-refractivity contribution is 5.79. The molecule has 0 spiro atoms. The van der Waals surface area contributed by atoms with E-state index in [9.17, 15) is 5.11 Å². The van der Waals surface area contributed by atoms with E-state index < -0.39 is 0 Å². The Balaban J connectivity index is 1.86. The molecular weight excluding hydrogens is 264 g/mol. The zero-order chi connectivity index (χ0) is 14.7. The molecule has 0 fully saturated rings. The van der Waals surface area contributed by atoms with Crippen LogP contribution in [0.15, 0.2) is 65.9 Å². The van der Waals surface area contributed by atoms with Crippen molar-refractivity contribution in [2.45, 2.75) is 0 Å². The molecule has 0 aliphatic heterocycles. The van der Waals surface area contributed by atoms with Gasteiger partial charge >= 0.3 is 0 Å². The molecule has 104 valence electrons. The van der Waals surface area contributed by atoms with E-state index in [2.05, 4.69) is 10.1 Å². The molecule has 0 bridgehead atoms. The first kappa shape index (κ1) is 12.9. The van der Waals surface area contributed by atoms with Gasteiger partial charge in [0.2, 0.25) is 5.95 Å². The molecule has 5 nitrogen and oxygen atoms in total. The Hall–Kier alpha value is -3.08. The zero-order valence-electron chi connectivity index (χ0n) is 11.2. The van der Waals surface area contributed by atoms with Crippen LogP contribution in [0.4, 0.5) is 5.95 Å². The molecule has 5 heteroatoms. The summed E-state index contributed by atoms with van der Waals surface area (Å²) in [6, 6.07) is 16.5. The monoisotopic (exact) mass is 278 g/mol. The maximum absolute atomic E-state index is 9.24. The predicted molar refractivity (Wildman–Crippen MR) is 83.2 cm³/mol. The van der Waals surface area contributed by atoms with Gasteiger partial charge in [0.1, 0.15) is 5.75 Å². The largest absolute Gasteiger partial charge is 0.508 e. The number of imidazole rings is 1. The van der Waals surface area contributed by atoms with Crippen LogP contribution in [0.2, 0.25) is 0 Å². The normalized spacial score (nSPS) is 11.0. The lowest BCUT2D eigenvalue weighted by molar-refractivity contribution is 0.475. The van der Waals surface area contributed by atoms with Crippen molar-refractivity contribution in [3.63, 3.8) is 0 Å². The molecule has 3 rings (SSSR count). The van der Waals surface area contributed by atoms with E-state index in [0.29, 0.717) is 5.95 Å². The summed E-state index contributed by atoms with van der Waals surface area (Å²) in [5.74, 6) is 0.546. The molecule has 21 heavy (non-hydrogen) atoms. The minimum Gasteiger partial charge on any atom is -0.508 e. The van der Waals surface area contributed by atoms with Gasteiger partial charge in [-0.3, -0.25) is 0 Å². The molecule has 2 aromatic carbocycles. The number of nitrogens with zero attached hydrogens (tertiary/aromatic N) is 3. The summed E-state index contributed by atoms with van der Waals surface area (Å²) >= 11 is 0. The smallest absolute Gasteiger partial charge is 0.221 e. The predicted octanol–water partition coefficient (Wildman–Crippen LogP) is 2.72. The molecule has 3 aromatic rings. The second kappa shape index (κ2) is 5.50. The summed E-state index contributed by atoms with van der Waals surface area (Å²) < 4.78 is 1.52. The van der Waals surface area contributed by atoms with Crippen LogP contribution in [0, 0.1) is 0 Å². The number of hydrogen-bond donors (Lipinski definition) is 2. The van der Waals surface area contributed by atoms with Gasteiger partial charge in [-0.05, 0) is 29.8 Å². The van der Waals surface area contributed by atoms with Crippen LogP contribution in [-0.4, -0.2) is 21.0 Å². The molecule has 0 aliphatic rings. The Morgan fingerprint density at radius 3 is 2.48 bits per heavy atom. The van der Waals surface area contributed by atoms with Crippen LogP contribution in [0.3, 0.4) is 0 Å². The van der Waals surface area contributed by atoms with E-state index in [-0.39, 0.29) is 5.75 Å². The minimum absolute atomic E-state index is 0.223. The highest BCUT2D eigenvalue weighted by Gasteiger charge is 2.05. The third-order valence-electron chi connectivity index (χ3n) is 3.01. The van der Waals surface area contributed by atoms with Gasteiger partial charge in [-0.15, -0.1) is 0 Å². The summed E-state index contributed by atoms with van der Waals surface area (Å²) in [6.07, 6.45) is 3.44. The average Bonchev–Trinajstić information content (AvgIpc) is 2.89. The lowest BCUT2D eigenvalue weighted by atomic mass is 10.2. The maximum atomic E-state index is 9.24. The fourth-order valence-corrected chi connectivity index (χ4v) is 1.92. The fraction of sp³-hybridized carbons (Fsp3) is 0. The first-order valence-electron chi connectivity index (χ1n) is 6.46. The van der Waals surface area contributed by atoms with Crippen molar-refractivity contribution in [1.29, 1.82) is 0 Å². The third kappa shape index (κ3) is 2.92. The Kier molecular flexibility index (Phi) is 3.39. The number of rotatable bonds is 3. The summed E-state index contributed by atoms with van der Waals surface area (Å²) in [5.41, 5.74) is 8.49. The fourth-order valence-electron chi connectivity index (χ4n) is 1.92. The van der Waals surface area contributed by atoms with Gasteiger partial charge in [-0.1, -0.05) is 30.3 Å². The van der Waals surface area contributed by atoms with E-state index in [0.717, 1.165) is 16.8 Å². The van der Waals surface area contributed by atoms with Crippen LogP contribution in [0.5, 0.6) is 5.75 Å². The van der Waals surface area contributed by atoms with Crippen LogP contribution < -0.4 is 5.73 Å². The average molecular weight is 278 g/mol. The van der Waals surface area contributed by atoms with E-state index in [4.69, 9.17) is 5.73 Å². The summed E-state index contributed by atoms with van der Waals surface area (Å²) in [6.45, 7) is 0. The van der Waals surface area contributed by atoms with Crippen molar-refractivity contribution in [2.24, 2.45) is 5.10 Å². The first-order chi connectivity index (χ1) is 10.2. The molecule has 0 unspecified atom stereocenters. The van der Waals surface area contributed by atoms with Crippen molar-refractivity contribution >= 4 is 12.2 Å². The molecule has 0 amide bonds. The van der Waals surface area contributed by atoms with Gasteiger partial charge in [0.25, 0.3) is 0 Å². The van der Waals surface area contributed by atoms with Crippen molar-refractivity contribution in [2.75, 3.05) is 5.73 Å². The number of aromatic hydroxyl groups is 1. The van der Waals surface area contributed by atoms with E-state index in [1.807, 2.05) is 30.3 Å². The number of phenolic OH excluding ortho intramolecular Hbond substituents is 1. The molecule has 0 saturated heterocycles. The third-order valence-corrected chi connectivity index (χ3v) is 3.01. The van der Waals surface area contributed by atoms with Crippen molar-refractivity contribution in [3.8, 4) is 17.0 Å². The lowest BCUT2D eigenvalue weighted by Crippen LogP contribution is -1.96. The van der Waals surface area contributed by atoms with E-state index >= 15 is 0 Å². The molecule has 1 heterocycles. The van der Waals surface area contributed by atoms with Crippen LogP contribution in [0.1, 0.15) is 5.56 Å². The second-order valence-electron chi connectivity index (χ2n) is 4.53. The number of phenols is 1. The SMILES string of the molecule is Nc1nc(-c2ccccc2)cn1N=Cc1ccc(O)cc1. The topological polar surface area (TPSA) is 76.4 Å². The van der Waals surface area contributed by atoms with Crippen LogP contribution in [0.25, 0.3) is 11.3 Å². The molecule has 1 aromatic heterocycles. The van der Waals surface area contributed by atoms with Gasteiger partial charge in [0.05, 0.1) is 18.1 Å². The highest BCUT2D eigenvalue weighted by atomic mass is 16.3. The molecule has 0 aliphatic carbocycles. The molecule has 0 saturated carbocycles.